The lowest BCUT2D eigenvalue weighted by Gasteiger charge is -2.34. The Balaban J connectivity index is 1.27. The summed E-state index contributed by atoms with van der Waals surface area (Å²) in [7, 11) is 2.19. The first-order valence-electron chi connectivity index (χ1n) is 11.5. The van der Waals surface area contributed by atoms with Crippen LogP contribution < -0.4 is 10.2 Å². The maximum Gasteiger partial charge on any atom is 0.0948 e. The fraction of sp³-hybridized carbons (Fsp3) is 0.259. The molecule has 5 rings (SSSR count). The van der Waals surface area contributed by atoms with Crippen molar-refractivity contribution >= 4 is 29.2 Å². The Bertz CT molecular complexity index is 1150. The zero-order valence-electron chi connectivity index (χ0n) is 19.1. The van der Waals surface area contributed by atoms with Gasteiger partial charge < -0.3 is 19.7 Å². The molecule has 0 radical (unpaired) electrons. The third kappa shape index (κ3) is 5.23. The second-order valence-electron chi connectivity index (χ2n) is 8.63. The summed E-state index contributed by atoms with van der Waals surface area (Å²) in [5.74, 6) is 0. The summed E-state index contributed by atoms with van der Waals surface area (Å²) in [6.45, 7) is 5.90. The number of aliphatic imine (C=N–C) groups is 1. The number of hydrogen-bond donors (Lipinski definition) is 1. The topological polar surface area (TPSA) is 48.7 Å². The Labute approximate surface area is 195 Å². The average molecular weight is 439 g/mol. The highest BCUT2D eigenvalue weighted by atomic mass is 15.2. The SMILES string of the molecule is CN1CCN(c2ccc(NC=C3CN=Cc4ccc(C=CCn5ccnc5)cc43)cc2)CC1. The van der Waals surface area contributed by atoms with Crippen molar-refractivity contribution < 1.29 is 0 Å². The number of anilines is 2. The predicted octanol–water partition coefficient (Wildman–Crippen LogP) is 4.23. The van der Waals surface area contributed by atoms with Crippen LogP contribution in [0.15, 0.2) is 78.5 Å². The van der Waals surface area contributed by atoms with Gasteiger partial charge in [0.2, 0.25) is 0 Å². The van der Waals surface area contributed by atoms with Crippen LogP contribution in [0.2, 0.25) is 0 Å². The largest absolute Gasteiger partial charge is 0.369 e. The number of fused-ring (bicyclic) bond motifs is 1. The number of rotatable bonds is 6. The number of allylic oxidation sites excluding steroid dienone is 1. The van der Waals surface area contributed by atoms with Crippen molar-refractivity contribution in [3.63, 3.8) is 0 Å². The average Bonchev–Trinajstić information content (AvgIpc) is 3.37. The van der Waals surface area contributed by atoms with Crippen molar-refractivity contribution in [3.05, 3.63) is 90.2 Å². The molecule has 1 N–H and O–H groups in total. The first kappa shape index (κ1) is 21.2. The van der Waals surface area contributed by atoms with E-state index in [1.807, 2.05) is 23.3 Å². The Kier molecular flexibility index (Phi) is 6.35. The van der Waals surface area contributed by atoms with Crippen LogP contribution in [0.5, 0.6) is 0 Å². The maximum atomic E-state index is 4.55. The van der Waals surface area contributed by atoms with Gasteiger partial charge in [-0.2, -0.15) is 0 Å². The van der Waals surface area contributed by atoms with Crippen LogP contribution in [0.4, 0.5) is 11.4 Å². The van der Waals surface area contributed by atoms with E-state index in [0.29, 0.717) is 6.54 Å². The van der Waals surface area contributed by atoms with E-state index >= 15 is 0 Å². The molecule has 0 unspecified atom stereocenters. The van der Waals surface area contributed by atoms with Gasteiger partial charge in [0.15, 0.2) is 0 Å². The quantitative estimate of drug-likeness (QED) is 0.626. The molecule has 33 heavy (non-hydrogen) atoms. The van der Waals surface area contributed by atoms with Gasteiger partial charge in [-0.05, 0) is 59.6 Å². The molecule has 2 aliphatic rings. The third-order valence-corrected chi connectivity index (χ3v) is 6.25. The molecule has 0 bridgehead atoms. The Morgan fingerprint density at radius 3 is 2.67 bits per heavy atom. The van der Waals surface area contributed by atoms with E-state index in [-0.39, 0.29) is 0 Å². The van der Waals surface area contributed by atoms with E-state index in [1.54, 1.807) is 6.20 Å². The lowest BCUT2D eigenvalue weighted by Crippen LogP contribution is -2.44. The van der Waals surface area contributed by atoms with Crippen LogP contribution in [-0.2, 0) is 6.54 Å². The summed E-state index contributed by atoms with van der Waals surface area (Å²) >= 11 is 0. The molecule has 0 aliphatic carbocycles. The maximum absolute atomic E-state index is 4.55. The van der Waals surface area contributed by atoms with Crippen LogP contribution in [-0.4, -0.2) is 60.4 Å². The van der Waals surface area contributed by atoms with Gasteiger partial charge in [0.05, 0.1) is 12.9 Å². The molecule has 2 aromatic carbocycles. The van der Waals surface area contributed by atoms with E-state index in [0.717, 1.165) is 44.0 Å². The number of aromatic nitrogens is 2. The summed E-state index contributed by atoms with van der Waals surface area (Å²) in [4.78, 5) is 13.5. The molecule has 168 valence electrons. The summed E-state index contributed by atoms with van der Waals surface area (Å²) in [6.07, 6.45) is 14.0. The molecule has 0 spiro atoms. The molecule has 1 saturated heterocycles. The van der Waals surface area contributed by atoms with Crippen LogP contribution in [0.25, 0.3) is 11.6 Å². The minimum absolute atomic E-state index is 0.682. The summed E-state index contributed by atoms with van der Waals surface area (Å²) in [6, 6.07) is 15.3. The number of nitrogens with zero attached hydrogens (tertiary/aromatic N) is 5. The second-order valence-corrected chi connectivity index (χ2v) is 8.63. The highest BCUT2D eigenvalue weighted by molar-refractivity contribution is 5.93. The Morgan fingerprint density at radius 1 is 1.03 bits per heavy atom. The first-order chi connectivity index (χ1) is 16.2. The third-order valence-electron chi connectivity index (χ3n) is 6.25. The van der Waals surface area contributed by atoms with Gasteiger partial charge in [0.1, 0.15) is 0 Å². The highest BCUT2D eigenvalue weighted by Gasteiger charge is 2.14. The lowest BCUT2D eigenvalue weighted by molar-refractivity contribution is 0.313. The van der Waals surface area contributed by atoms with Crippen molar-refractivity contribution in [2.45, 2.75) is 6.54 Å². The lowest BCUT2D eigenvalue weighted by atomic mass is 9.96. The predicted molar refractivity (Wildman–Crippen MR) is 138 cm³/mol. The van der Waals surface area contributed by atoms with E-state index in [4.69, 9.17) is 0 Å². The van der Waals surface area contributed by atoms with Crippen molar-refractivity contribution in [1.82, 2.24) is 14.5 Å². The molecule has 6 heteroatoms. The monoisotopic (exact) mass is 438 g/mol. The molecule has 0 saturated carbocycles. The molecular weight excluding hydrogens is 408 g/mol. The van der Waals surface area contributed by atoms with Crippen molar-refractivity contribution in [3.8, 4) is 0 Å². The fourth-order valence-corrected chi connectivity index (χ4v) is 4.23. The molecule has 1 aromatic heterocycles. The Hall–Kier alpha value is -3.64. The van der Waals surface area contributed by atoms with Crippen molar-refractivity contribution in [1.29, 1.82) is 0 Å². The fourth-order valence-electron chi connectivity index (χ4n) is 4.23. The standard InChI is InChI=1S/C27H30N6/c1-31-13-15-33(16-14-31)26-8-6-25(7-9-26)30-20-24-19-29-18-23-5-4-22(17-27(23)24)3-2-11-32-12-10-28-21-32/h2-10,12,17-18,20-21,30H,11,13-16,19H2,1H3. The summed E-state index contributed by atoms with van der Waals surface area (Å²) in [5, 5.41) is 3.48. The molecule has 3 heterocycles. The van der Waals surface area contributed by atoms with E-state index < -0.39 is 0 Å². The molecular formula is C27H30N6. The highest BCUT2D eigenvalue weighted by Crippen LogP contribution is 2.25. The van der Waals surface area contributed by atoms with Gasteiger partial charge >= 0.3 is 0 Å². The molecule has 0 amide bonds. The Morgan fingerprint density at radius 2 is 1.88 bits per heavy atom. The molecule has 2 aliphatic heterocycles. The number of benzene rings is 2. The first-order valence-corrected chi connectivity index (χ1v) is 11.5. The molecule has 1 fully saturated rings. The van der Waals surface area contributed by atoms with E-state index in [9.17, 15) is 0 Å². The van der Waals surface area contributed by atoms with Crippen LogP contribution in [0.1, 0.15) is 16.7 Å². The molecule has 3 aromatic rings. The number of nitrogens with one attached hydrogen (secondary N) is 1. The van der Waals surface area contributed by atoms with E-state index in [2.05, 4.69) is 93.0 Å². The minimum Gasteiger partial charge on any atom is -0.369 e. The van der Waals surface area contributed by atoms with Crippen LogP contribution in [0, 0.1) is 0 Å². The van der Waals surface area contributed by atoms with Crippen molar-refractivity contribution in [2.24, 2.45) is 4.99 Å². The normalized spacial score (nSPS) is 17.6. The zero-order chi connectivity index (χ0) is 22.5. The van der Waals surface area contributed by atoms with Gasteiger partial charge in [-0.25, -0.2) is 4.98 Å². The van der Waals surface area contributed by atoms with Gasteiger partial charge in [-0.15, -0.1) is 0 Å². The van der Waals surface area contributed by atoms with Crippen molar-refractivity contribution in [2.75, 3.05) is 50.0 Å². The number of imidazole rings is 1. The van der Waals surface area contributed by atoms with Gasteiger partial charge in [-0.1, -0.05) is 24.3 Å². The number of piperazine rings is 1. The van der Waals surface area contributed by atoms with Gasteiger partial charge in [0.25, 0.3) is 0 Å². The summed E-state index contributed by atoms with van der Waals surface area (Å²) < 4.78 is 2.05. The smallest absolute Gasteiger partial charge is 0.0948 e. The van der Waals surface area contributed by atoms with E-state index in [1.165, 1.54) is 22.4 Å². The number of hydrogen-bond acceptors (Lipinski definition) is 5. The molecule has 0 atom stereocenters. The minimum atomic E-state index is 0.682. The second kappa shape index (κ2) is 9.88. The van der Waals surface area contributed by atoms with Crippen LogP contribution in [0.3, 0.4) is 0 Å². The summed E-state index contributed by atoms with van der Waals surface area (Å²) in [5.41, 5.74) is 7.16. The van der Waals surface area contributed by atoms with Gasteiger partial charge in [-0.3, -0.25) is 4.99 Å². The van der Waals surface area contributed by atoms with Gasteiger partial charge in [0, 0.05) is 68.9 Å². The zero-order valence-corrected chi connectivity index (χ0v) is 19.1. The molecule has 6 nitrogen and oxygen atoms in total. The van der Waals surface area contributed by atoms with Crippen LogP contribution >= 0.6 is 0 Å². The number of likely N-dealkylation sites (N-methyl/N-ethyl adjacent to an activating group) is 1.